The second-order valence-corrected chi connectivity index (χ2v) is 7.52. The first-order chi connectivity index (χ1) is 9.40. The summed E-state index contributed by atoms with van der Waals surface area (Å²) < 4.78 is 18.8. The molecule has 0 saturated heterocycles. The van der Waals surface area contributed by atoms with Gasteiger partial charge in [0.05, 0.1) is 11.5 Å². The standard InChI is InChI=1S/C9H14Cl2N3O4PS/c10-3-5-13(6-4-11)19(12,17)18-7-8-1-2-9(20-8)14(15)16/h1-2H,3-7H2,(H2,12,17). The normalized spacial score (nSPS) is 14.4. The minimum Gasteiger partial charge on any atom is -0.300 e. The van der Waals surface area contributed by atoms with Crippen LogP contribution in [0.15, 0.2) is 12.1 Å². The van der Waals surface area contributed by atoms with Crippen LogP contribution in [0.3, 0.4) is 0 Å². The molecule has 0 spiro atoms. The van der Waals surface area contributed by atoms with Crippen molar-refractivity contribution in [3.63, 3.8) is 0 Å². The van der Waals surface area contributed by atoms with Crippen molar-refractivity contribution in [3.05, 3.63) is 27.1 Å². The van der Waals surface area contributed by atoms with E-state index < -0.39 is 12.6 Å². The highest BCUT2D eigenvalue weighted by Gasteiger charge is 2.27. The molecule has 7 nitrogen and oxygen atoms in total. The van der Waals surface area contributed by atoms with Crippen molar-refractivity contribution in [2.45, 2.75) is 6.61 Å². The summed E-state index contributed by atoms with van der Waals surface area (Å²) in [5.41, 5.74) is 5.66. The summed E-state index contributed by atoms with van der Waals surface area (Å²) in [6.07, 6.45) is 0. The molecule has 1 heterocycles. The van der Waals surface area contributed by atoms with E-state index >= 15 is 0 Å². The van der Waals surface area contributed by atoms with Crippen LogP contribution in [0.2, 0.25) is 0 Å². The molecule has 1 unspecified atom stereocenters. The monoisotopic (exact) mass is 361 g/mol. The van der Waals surface area contributed by atoms with Gasteiger partial charge in [0.25, 0.3) is 0 Å². The maximum atomic E-state index is 12.2. The number of halogens is 2. The number of alkyl halides is 2. The molecule has 0 amide bonds. The SMILES string of the molecule is NP(=O)(OCc1ccc([N+](=O)[O-])s1)N(CCCl)CCCl. The molecule has 1 aromatic heterocycles. The molecule has 2 N–H and O–H groups in total. The summed E-state index contributed by atoms with van der Waals surface area (Å²) in [5, 5.41) is 10.5. The van der Waals surface area contributed by atoms with Gasteiger partial charge in [-0.2, -0.15) is 0 Å². The third-order valence-electron chi connectivity index (χ3n) is 2.30. The summed E-state index contributed by atoms with van der Waals surface area (Å²) in [7, 11) is -3.51. The Morgan fingerprint density at radius 3 is 2.45 bits per heavy atom. The molecule has 0 radical (unpaired) electrons. The largest absolute Gasteiger partial charge is 0.341 e. The van der Waals surface area contributed by atoms with Gasteiger partial charge in [-0.3, -0.25) is 14.7 Å². The molecule has 1 rings (SSSR count). The van der Waals surface area contributed by atoms with Crippen LogP contribution in [0.1, 0.15) is 4.88 Å². The van der Waals surface area contributed by atoms with Gasteiger partial charge in [0, 0.05) is 35.8 Å². The van der Waals surface area contributed by atoms with Crippen LogP contribution in [-0.2, 0) is 15.7 Å². The first-order valence-corrected chi connectivity index (χ1v) is 9.07. The van der Waals surface area contributed by atoms with Gasteiger partial charge in [0.1, 0.15) is 0 Å². The van der Waals surface area contributed by atoms with Crippen LogP contribution >= 0.6 is 42.2 Å². The van der Waals surface area contributed by atoms with Crippen LogP contribution in [0.4, 0.5) is 5.00 Å². The molecule has 1 atom stereocenters. The van der Waals surface area contributed by atoms with Crippen molar-refractivity contribution in [3.8, 4) is 0 Å². The quantitative estimate of drug-likeness (QED) is 0.314. The fraction of sp³-hybridized carbons (Fsp3) is 0.556. The smallest absolute Gasteiger partial charge is 0.300 e. The van der Waals surface area contributed by atoms with E-state index in [1.165, 1.54) is 16.8 Å². The molecule has 20 heavy (non-hydrogen) atoms. The summed E-state index contributed by atoms with van der Waals surface area (Å²) >= 11 is 12.2. The number of hydrogen-bond acceptors (Lipinski definition) is 5. The first kappa shape index (κ1) is 17.8. The van der Waals surface area contributed by atoms with Crippen LogP contribution in [0.25, 0.3) is 0 Å². The van der Waals surface area contributed by atoms with Gasteiger partial charge in [0.2, 0.25) is 0 Å². The third kappa shape index (κ3) is 5.29. The molecule has 0 aliphatic heterocycles. The molecular formula is C9H14Cl2N3O4PS. The van der Waals surface area contributed by atoms with Crippen molar-refractivity contribution < 1.29 is 14.0 Å². The van der Waals surface area contributed by atoms with Gasteiger partial charge in [-0.25, -0.2) is 10.2 Å². The Kier molecular flexibility index (Phi) is 7.39. The van der Waals surface area contributed by atoms with Gasteiger partial charge < -0.3 is 4.52 Å². The molecule has 114 valence electrons. The second kappa shape index (κ2) is 8.29. The number of nitrogens with zero attached hydrogens (tertiary/aromatic N) is 2. The van der Waals surface area contributed by atoms with E-state index in [4.69, 9.17) is 33.2 Å². The Hall–Kier alpha value is -0.210. The summed E-state index contributed by atoms with van der Waals surface area (Å²) in [4.78, 5) is 10.6. The van der Waals surface area contributed by atoms with Gasteiger partial charge >= 0.3 is 12.7 Å². The fourth-order valence-electron chi connectivity index (χ4n) is 1.37. The molecule has 0 saturated carbocycles. The van der Waals surface area contributed by atoms with Gasteiger partial charge in [0.15, 0.2) is 0 Å². The lowest BCUT2D eigenvalue weighted by atomic mass is 10.5. The second-order valence-electron chi connectivity index (χ2n) is 3.67. The highest BCUT2D eigenvalue weighted by Crippen LogP contribution is 2.43. The van der Waals surface area contributed by atoms with Crippen molar-refractivity contribution >= 4 is 47.2 Å². The summed E-state index contributed by atoms with van der Waals surface area (Å²) in [6.45, 7) is 0.507. The Balaban J connectivity index is 2.64. The Labute approximate surface area is 130 Å². The lowest BCUT2D eigenvalue weighted by molar-refractivity contribution is -0.380. The van der Waals surface area contributed by atoms with Crippen LogP contribution in [-0.4, -0.2) is 34.4 Å². The van der Waals surface area contributed by atoms with E-state index in [0.29, 0.717) is 4.88 Å². The zero-order valence-electron chi connectivity index (χ0n) is 10.4. The highest BCUT2D eigenvalue weighted by atomic mass is 35.5. The lowest BCUT2D eigenvalue weighted by Crippen LogP contribution is -2.29. The molecular weight excluding hydrogens is 348 g/mol. The maximum absolute atomic E-state index is 12.2. The molecule has 0 bridgehead atoms. The van der Waals surface area contributed by atoms with E-state index in [-0.39, 0.29) is 36.5 Å². The molecule has 0 fully saturated rings. The average molecular weight is 362 g/mol. The third-order valence-corrected chi connectivity index (χ3v) is 5.33. The zero-order valence-corrected chi connectivity index (χ0v) is 13.6. The van der Waals surface area contributed by atoms with Gasteiger partial charge in [-0.05, 0) is 6.07 Å². The Morgan fingerprint density at radius 2 is 2.00 bits per heavy atom. The van der Waals surface area contributed by atoms with E-state index in [2.05, 4.69) is 0 Å². The molecule has 11 heteroatoms. The van der Waals surface area contributed by atoms with Gasteiger partial charge in [-0.15, -0.1) is 23.2 Å². The van der Waals surface area contributed by atoms with Crippen molar-refractivity contribution in [1.29, 1.82) is 0 Å². The summed E-state index contributed by atoms with van der Waals surface area (Å²) in [5.74, 6) is 0.484. The minimum atomic E-state index is -3.51. The molecule has 0 aliphatic rings. The predicted molar refractivity (Wildman–Crippen MR) is 80.6 cm³/mol. The lowest BCUT2D eigenvalue weighted by Gasteiger charge is -2.26. The minimum absolute atomic E-state index is 0.00572. The number of rotatable bonds is 9. The first-order valence-electron chi connectivity index (χ1n) is 5.54. The highest BCUT2D eigenvalue weighted by molar-refractivity contribution is 7.53. The average Bonchev–Trinajstić information content (AvgIpc) is 2.85. The predicted octanol–water partition coefficient (Wildman–Crippen LogP) is 3.02. The fourth-order valence-corrected chi connectivity index (χ4v) is 4.07. The van der Waals surface area contributed by atoms with Crippen molar-refractivity contribution in [1.82, 2.24) is 4.67 Å². The van der Waals surface area contributed by atoms with Crippen LogP contribution in [0, 0.1) is 10.1 Å². The Bertz CT molecular complexity index is 495. The van der Waals surface area contributed by atoms with E-state index in [1.54, 1.807) is 0 Å². The number of hydrogen-bond donors (Lipinski definition) is 1. The van der Waals surface area contributed by atoms with E-state index in [0.717, 1.165) is 11.3 Å². The zero-order chi connectivity index (χ0) is 15.2. The number of nitrogens with two attached hydrogens (primary N) is 1. The van der Waals surface area contributed by atoms with Gasteiger partial charge in [-0.1, -0.05) is 11.3 Å². The van der Waals surface area contributed by atoms with Crippen LogP contribution < -0.4 is 5.50 Å². The van der Waals surface area contributed by atoms with E-state index in [1.807, 2.05) is 0 Å². The summed E-state index contributed by atoms with van der Waals surface area (Å²) in [6, 6.07) is 2.90. The number of thiophene rings is 1. The Morgan fingerprint density at radius 1 is 1.40 bits per heavy atom. The maximum Gasteiger partial charge on any atom is 0.341 e. The number of nitro groups is 1. The molecule has 0 aromatic carbocycles. The topological polar surface area (TPSA) is 98.7 Å². The van der Waals surface area contributed by atoms with E-state index in [9.17, 15) is 14.7 Å². The molecule has 1 aromatic rings. The van der Waals surface area contributed by atoms with Crippen molar-refractivity contribution in [2.75, 3.05) is 24.8 Å². The molecule has 0 aliphatic carbocycles. The van der Waals surface area contributed by atoms with Crippen molar-refractivity contribution in [2.24, 2.45) is 5.50 Å². The van der Waals surface area contributed by atoms with Crippen LogP contribution in [0.5, 0.6) is 0 Å².